The van der Waals surface area contributed by atoms with Crippen LogP contribution >= 0.6 is 21.6 Å². The molecular weight excluding hydrogens is 346 g/mol. The van der Waals surface area contributed by atoms with Crippen molar-refractivity contribution >= 4 is 33.4 Å². The molecule has 7 nitrogen and oxygen atoms in total. The molecule has 0 fully saturated rings. The molecule has 0 spiro atoms. The third kappa shape index (κ3) is 7.71. The largest absolute Gasteiger partial charge is 0.389 e. The number of nitrogens with two attached hydrogens (primary N) is 1. The molecule has 1 rings (SSSR count). The minimum Gasteiger partial charge on any atom is -0.389 e. The smallest absolute Gasteiger partial charge is 0.241 e. The molecular formula is C15H23N5O2S2. The number of hydrogen-bond acceptors (Lipinski definition) is 7. The number of hydrogen-bond donors (Lipinski definition) is 4. The molecule has 0 aliphatic carbocycles. The van der Waals surface area contributed by atoms with E-state index in [9.17, 15) is 9.59 Å². The number of carbonyl (C=O) groups is 2. The highest BCUT2D eigenvalue weighted by atomic mass is 33.1. The molecule has 24 heavy (non-hydrogen) atoms. The number of aromatic nitrogens is 1. The van der Waals surface area contributed by atoms with Crippen LogP contribution in [-0.2, 0) is 9.59 Å². The highest BCUT2D eigenvalue weighted by molar-refractivity contribution is 8.76. The van der Waals surface area contributed by atoms with Gasteiger partial charge in [-0.25, -0.2) is 4.98 Å². The predicted molar refractivity (Wildman–Crippen MR) is 99.3 cm³/mol. The second kappa shape index (κ2) is 11.8. The Morgan fingerprint density at radius 3 is 2.92 bits per heavy atom. The fraction of sp³-hybridized carbons (Fsp3) is 0.400. The number of pyridine rings is 1. The number of amides is 2. The molecule has 2 atom stereocenters. The molecule has 0 bridgehead atoms. The van der Waals surface area contributed by atoms with Crippen LogP contribution in [0, 0.1) is 0 Å². The zero-order chi connectivity index (χ0) is 18.5. The molecule has 0 aromatic carbocycles. The van der Waals surface area contributed by atoms with Crippen molar-refractivity contribution in [1.82, 2.24) is 20.9 Å². The number of nitrogens with one attached hydrogen (secondary N) is 3. The number of primary amides is 1. The topological polar surface area (TPSA) is 109 Å². The van der Waals surface area contributed by atoms with Crippen molar-refractivity contribution in [2.75, 3.05) is 19.3 Å². The average Bonchev–Trinajstić information content (AvgIpc) is 2.64. The molecule has 0 saturated carbocycles. The van der Waals surface area contributed by atoms with Crippen LogP contribution in [-0.4, -0.2) is 48.2 Å². The zero-order valence-electron chi connectivity index (χ0n) is 14.6. The third-order valence-corrected chi connectivity index (χ3v) is 5.19. The maximum absolute atomic E-state index is 12.4. The molecule has 9 heteroatoms. The summed E-state index contributed by atoms with van der Waals surface area (Å²) >= 11 is 0. The van der Waals surface area contributed by atoms with Gasteiger partial charge in [-0.2, -0.15) is 0 Å². The molecule has 0 radical (unpaired) electrons. The summed E-state index contributed by atoms with van der Waals surface area (Å²) in [4.78, 5) is 28.3. The van der Waals surface area contributed by atoms with Crippen LogP contribution in [0.25, 0.3) is 0 Å². The molecule has 1 aromatic rings. The van der Waals surface area contributed by atoms with Gasteiger partial charge in [-0.3, -0.25) is 9.59 Å². The van der Waals surface area contributed by atoms with E-state index in [0.29, 0.717) is 5.75 Å². The van der Waals surface area contributed by atoms with Crippen molar-refractivity contribution in [3.05, 3.63) is 36.7 Å². The lowest BCUT2D eigenvalue weighted by atomic mass is 10.2. The maximum atomic E-state index is 12.4. The molecule has 0 saturated heterocycles. The minimum absolute atomic E-state index is 0.201. The van der Waals surface area contributed by atoms with Crippen LogP contribution in [0.1, 0.15) is 6.92 Å². The lowest BCUT2D eigenvalue weighted by Gasteiger charge is -2.20. The van der Waals surface area contributed by atoms with Gasteiger partial charge in [0.05, 0.1) is 6.04 Å². The Kier molecular flexibility index (Phi) is 9.13. The zero-order valence-corrected chi connectivity index (χ0v) is 15.2. The Hall–Kier alpha value is -1.71. The monoisotopic (exact) mass is 371 g/mol. The highest BCUT2D eigenvalue weighted by Crippen LogP contribution is 2.29. The Balaban J connectivity index is 2.52. The summed E-state index contributed by atoms with van der Waals surface area (Å²) in [5.74, 6) is -0.371. The second-order valence-corrected chi connectivity index (χ2v) is 7.07. The van der Waals surface area contributed by atoms with Crippen LogP contribution in [0.4, 0.5) is 0 Å². The van der Waals surface area contributed by atoms with Crippen molar-refractivity contribution in [2.45, 2.75) is 24.0 Å². The van der Waals surface area contributed by atoms with Crippen molar-refractivity contribution in [2.24, 2.45) is 5.73 Å². The molecule has 0 aliphatic rings. The number of likely N-dealkylation sites (N-methyl/N-ethyl adjacent to an activating group) is 1. The van der Waals surface area contributed by atoms with Crippen LogP contribution in [0.2, 0.25) is 1.41 Å². The number of rotatable bonds is 11. The van der Waals surface area contributed by atoms with E-state index < -0.39 is 18.0 Å². The fourth-order valence-electron chi connectivity index (χ4n) is 1.63. The van der Waals surface area contributed by atoms with E-state index >= 15 is 0 Å². The van der Waals surface area contributed by atoms with Gasteiger partial charge in [0, 0.05) is 18.5 Å². The number of allylic oxidation sites excluding steroid dienone is 1. The fourth-order valence-corrected chi connectivity index (χ4v) is 3.79. The van der Waals surface area contributed by atoms with E-state index in [0.717, 1.165) is 5.03 Å². The van der Waals surface area contributed by atoms with Gasteiger partial charge in [0.1, 0.15) is 11.1 Å². The molecule has 2 amide bonds. The second-order valence-electron chi connectivity index (χ2n) is 4.71. The summed E-state index contributed by atoms with van der Waals surface area (Å²) in [5.41, 5.74) is 1.81. The van der Waals surface area contributed by atoms with Crippen LogP contribution < -0.4 is 21.7 Å². The summed E-state index contributed by atoms with van der Waals surface area (Å²) in [6.07, 6.45) is 5.16. The summed E-state index contributed by atoms with van der Waals surface area (Å²) in [5, 5.41) is 9.36. The average molecular weight is 372 g/mol. The highest BCUT2D eigenvalue weighted by Gasteiger charge is 2.23. The van der Waals surface area contributed by atoms with Crippen LogP contribution in [0.5, 0.6) is 0 Å². The van der Waals surface area contributed by atoms with Gasteiger partial charge in [-0.05, 0) is 43.1 Å². The summed E-state index contributed by atoms with van der Waals surface area (Å²) in [6.45, 7) is 2.03. The van der Waals surface area contributed by atoms with Gasteiger partial charge in [-0.15, -0.1) is 0 Å². The van der Waals surface area contributed by atoms with Crippen molar-refractivity contribution in [3.8, 4) is 0 Å². The molecule has 1 heterocycles. The van der Waals surface area contributed by atoms with E-state index in [1.165, 1.54) is 21.6 Å². The van der Waals surface area contributed by atoms with Gasteiger partial charge < -0.3 is 21.7 Å². The first-order valence-electron chi connectivity index (χ1n) is 7.86. The van der Waals surface area contributed by atoms with E-state index in [4.69, 9.17) is 1.41 Å². The van der Waals surface area contributed by atoms with E-state index in [-0.39, 0.29) is 12.5 Å². The van der Waals surface area contributed by atoms with Gasteiger partial charge in [-0.1, -0.05) is 22.9 Å². The number of carbonyl (C=O) groups excluding carboxylic acids is 2. The third-order valence-electron chi connectivity index (χ3n) is 2.92. The van der Waals surface area contributed by atoms with Crippen molar-refractivity contribution in [3.63, 3.8) is 0 Å². The first-order chi connectivity index (χ1) is 12.1. The number of nitrogens with zero attached hydrogens (tertiary/aromatic N) is 1. The molecule has 132 valence electrons. The molecule has 5 N–H and O–H groups in total. The van der Waals surface area contributed by atoms with Crippen LogP contribution in [0.3, 0.4) is 0 Å². The lowest BCUT2D eigenvalue weighted by molar-refractivity contribution is -0.128. The van der Waals surface area contributed by atoms with Gasteiger partial charge in [0.15, 0.2) is 1.41 Å². The van der Waals surface area contributed by atoms with E-state index in [2.05, 4.69) is 20.9 Å². The first-order valence-corrected chi connectivity index (χ1v) is 9.68. The summed E-state index contributed by atoms with van der Waals surface area (Å²) in [7, 11) is 4.67. The van der Waals surface area contributed by atoms with Gasteiger partial charge in [0.2, 0.25) is 11.8 Å². The summed E-state index contributed by atoms with van der Waals surface area (Å²) < 4.78 is 7.00. The van der Waals surface area contributed by atoms with E-state index in [1.54, 1.807) is 25.5 Å². The molecule has 1 aromatic heterocycles. The predicted octanol–water partition coefficient (Wildman–Crippen LogP) is 0.503. The quantitative estimate of drug-likeness (QED) is 0.420. The Bertz CT molecular complexity index is 562. The normalized spacial score (nSPS) is 13.8. The Morgan fingerprint density at radius 1 is 1.46 bits per heavy atom. The van der Waals surface area contributed by atoms with E-state index in [1.807, 2.05) is 30.8 Å². The first kappa shape index (κ1) is 18.6. The Labute approximate surface area is 151 Å². The van der Waals surface area contributed by atoms with Crippen molar-refractivity contribution in [1.29, 1.82) is 0 Å². The SMILES string of the molecule is [3H]NC(=O)[C@H](CNC=CC)NC(=O)[C@H](CSSc1ccccn1)NC. The maximum Gasteiger partial charge on any atom is 0.241 e. The molecule has 0 unspecified atom stereocenters. The van der Waals surface area contributed by atoms with Crippen molar-refractivity contribution < 1.29 is 11.0 Å². The van der Waals surface area contributed by atoms with Gasteiger partial charge in [0.25, 0.3) is 0 Å². The minimum atomic E-state index is -0.828. The standard InChI is InChI=1S/C15H23N5O2S2/c1-3-7-18-9-11(14(16)21)20-15(22)12(17-2)10-23-24-13-6-4-5-8-19-13/h3-8,11-12,17-18H,9-10H2,1-2H3,(H2,16,21)(H,20,22)/t11-,12-/m0/s1/i/hT. The Morgan fingerprint density at radius 2 is 2.29 bits per heavy atom. The molecule has 0 aliphatic heterocycles. The van der Waals surface area contributed by atoms with Gasteiger partial charge >= 0.3 is 0 Å². The summed E-state index contributed by atoms with van der Waals surface area (Å²) in [6, 6.07) is 4.35. The lowest BCUT2D eigenvalue weighted by Crippen LogP contribution is -2.54. The van der Waals surface area contributed by atoms with Crippen LogP contribution in [0.15, 0.2) is 41.7 Å².